The van der Waals surface area contributed by atoms with Gasteiger partial charge in [0.05, 0.1) is 0 Å². The van der Waals surface area contributed by atoms with Gasteiger partial charge in [-0.15, -0.1) is 0 Å². The minimum atomic E-state index is -0.542. The van der Waals surface area contributed by atoms with Gasteiger partial charge in [-0.25, -0.2) is 8.78 Å². The summed E-state index contributed by atoms with van der Waals surface area (Å²) in [7, 11) is 0. The lowest BCUT2D eigenvalue weighted by molar-refractivity contribution is 0.487. The first kappa shape index (κ1) is 14.0. The fraction of sp³-hybridized carbons (Fsp3) is 0.200. The lowest BCUT2D eigenvalue weighted by Gasteiger charge is -2.16. The molecule has 19 heavy (non-hydrogen) atoms. The van der Waals surface area contributed by atoms with Crippen molar-refractivity contribution in [1.29, 1.82) is 0 Å². The Kier molecular flexibility index (Phi) is 4.51. The van der Waals surface area contributed by atoms with Crippen LogP contribution in [-0.2, 0) is 6.54 Å². The Morgan fingerprint density at radius 1 is 1.05 bits per heavy atom. The summed E-state index contributed by atoms with van der Waals surface area (Å²) >= 11 is 6.03. The standard InChI is InChI=1S/C15H14ClF2N/c1-10(15-13(17)7-4-8-14(15)18)19-9-11-5-2-3-6-12(11)16/h2-8,10,19H,9H2,1H3. The van der Waals surface area contributed by atoms with E-state index in [9.17, 15) is 8.78 Å². The lowest BCUT2D eigenvalue weighted by Crippen LogP contribution is -2.20. The molecule has 0 aromatic heterocycles. The Morgan fingerprint density at radius 2 is 1.68 bits per heavy atom. The molecule has 0 fully saturated rings. The number of halogens is 3. The number of nitrogens with one attached hydrogen (secondary N) is 1. The molecule has 0 radical (unpaired) electrons. The van der Waals surface area contributed by atoms with Crippen molar-refractivity contribution in [2.24, 2.45) is 0 Å². The summed E-state index contributed by atoms with van der Waals surface area (Å²) in [6.07, 6.45) is 0. The van der Waals surface area contributed by atoms with E-state index >= 15 is 0 Å². The normalized spacial score (nSPS) is 12.4. The minimum absolute atomic E-state index is 0.0505. The van der Waals surface area contributed by atoms with Crippen molar-refractivity contribution >= 4 is 11.6 Å². The molecule has 1 atom stereocenters. The van der Waals surface area contributed by atoms with Gasteiger partial charge in [0.2, 0.25) is 0 Å². The van der Waals surface area contributed by atoms with E-state index in [2.05, 4.69) is 5.32 Å². The zero-order valence-electron chi connectivity index (χ0n) is 10.5. The monoisotopic (exact) mass is 281 g/mol. The van der Waals surface area contributed by atoms with Crippen molar-refractivity contribution in [2.45, 2.75) is 19.5 Å². The lowest BCUT2D eigenvalue weighted by atomic mass is 10.1. The SMILES string of the molecule is CC(NCc1ccccc1Cl)c1c(F)cccc1F. The predicted octanol–water partition coefficient (Wildman–Crippen LogP) is 4.47. The predicted molar refractivity (Wildman–Crippen MR) is 73.1 cm³/mol. The molecule has 1 nitrogen and oxygen atoms in total. The molecule has 0 aliphatic carbocycles. The van der Waals surface area contributed by atoms with Crippen LogP contribution in [0.4, 0.5) is 8.78 Å². The van der Waals surface area contributed by atoms with Gasteiger partial charge < -0.3 is 5.32 Å². The van der Waals surface area contributed by atoms with Gasteiger partial charge in [0.15, 0.2) is 0 Å². The Balaban J connectivity index is 2.10. The number of benzene rings is 2. The van der Waals surface area contributed by atoms with Crippen LogP contribution in [0.2, 0.25) is 5.02 Å². The van der Waals surface area contributed by atoms with E-state index in [1.54, 1.807) is 13.0 Å². The summed E-state index contributed by atoms with van der Waals surface area (Å²) in [5.41, 5.74) is 0.947. The fourth-order valence-electron chi connectivity index (χ4n) is 1.93. The van der Waals surface area contributed by atoms with Crippen LogP contribution < -0.4 is 5.32 Å². The highest BCUT2D eigenvalue weighted by Crippen LogP contribution is 2.21. The molecule has 2 rings (SSSR count). The molecule has 0 aliphatic heterocycles. The number of rotatable bonds is 4. The summed E-state index contributed by atoms with van der Waals surface area (Å²) in [6.45, 7) is 2.17. The largest absolute Gasteiger partial charge is 0.306 e. The second kappa shape index (κ2) is 6.13. The summed E-state index contributed by atoms with van der Waals surface area (Å²) in [5.74, 6) is -1.08. The van der Waals surface area contributed by atoms with Gasteiger partial charge in [-0.3, -0.25) is 0 Å². The van der Waals surface area contributed by atoms with E-state index in [-0.39, 0.29) is 5.56 Å². The second-order valence-electron chi connectivity index (χ2n) is 4.33. The van der Waals surface area contributed by atoms with E-state index in [0.717, 1.165) is 5.56 Å². The Bertz CT molecular complexity index is 552. The maximum atomic E-state index is 13.6. The zero-order valence-corrected chi connectivity index (χ0v) is 11.2. The van der Waals surface area contributed by atoms with Crippen LogP contribution in [0.1, 0.15) is 24.1 Å². The van der Waals surface area contributed by atoms with Crippen molar-refractivity contribution in [3.63, 3.8) is 0 Å². The van der Waals surface area contributed by atoms with Crippen molar-refractivity contribution < 1.29 is 8.78 Å². The third kappa shape index (κ3) is 3.31. The average molecular weight is 282 g/mol. The third-order valence-corrected chi connectivity index (χ3v) is 3.36. The van der Waals surface area contributed by atoms with Crippen LogP contribution >= 0.6 is 11.6 Å². The van der Waals surface area contributed by atoms with Gasteiger partial charge >= 0.3 is 0 Å². The maximum absolute atomic E-state index is 13.6. The highest BCUT2D eigenvalue weighted by Gasteiger charge is 2.15. The molecule has 0 bridgehead atoms. The van der Waals surface area contributed by atoms with Crippen molar-refractivity contribution in [3.8, 4) is 0 Å². The molecule has 0 saturated heterocycles. The molecule has 0 saturated carbocycles. The molecule has 2 aromatic rings. The molecule has 0 amide bonds. The topological polar surface area (TPSA) is 12.0 Å². The van der Waals surface area contributed by atoms with Gasteiger partial charge in [-0.05, 0) is 30.7 Å². The van der Waals surface area contributed by atoms with Gasteiger partial charge in [-0.2, -0.15) is 0 Å². The van der Waals surface area contributed by atoms with Crippen molar-refractivity contribution in [3.05, 3.63) is 70.2 Å². The van der Waals surface area contributed by atoms with Crippen molar-refractivity contribution in [2.75, 3.05) is 0 Å². The highest BCUT2D eigenvalue weighted by atomic mass is 35.5. The first-order chi connectivity index (χ1) is 9.09. The highest BCUT2D eigenvalue weighted by molar-refractivity contribution is 6.31. The van der Waals surface area contributed by atoms with E-state index < -0.39 is 17.7 Å². The van der Waals surface area contributed by atoms with Crippen LogP contribution in [0, 0.1) is 11.6 Å². The quantitative estimate of drug-likeness (QED) is 0.872. The summed E-state index contributed by atoms with van der Waals surface area (Å²) in [6, 6.07) is 10.8. The van der Waals surface area contributed by atoms with Gasteiger partial charge in [0.25, 0.3) is 0 Å². The first-order valence-electron chi connectivity index (χ1n) is 6.00. The van der Waals surface area contributed by atoms with E-state index in [1.807, 2.05) is 18.2 Å². The van der Waals surface area contributed by atoms with Gasteiger partial charge in [0, 0.05) is 23.2 Å². The summed E-state index contributed by atoms with van der Waals surface area (Å²) < 4.78 is 27.2. The first-order valence-corrected chi connectivity index (χ1v) is 6.38. The Hall–Kier alpha value is -1.45. The fourth-order valence-corrected chi connectivity index (χ4v) is 2.13. The van der Waals surface area contributed by atoms with Crippen LogP contribution in [0.3, 0.4) is 0 Å². The summed E-state index contributed by atoms with van der Waals surface area (Å²) in [4.78, 5) is 0. The third-order valence-electron chi connectivity index (χ3n) is 2.99. The van der Waals surface area contributed by atoms with Crippen LogP contribution in [0.5, 0.6) is 0 Å². The molecule has 4 heteroatoms. The van der Waals surface area contributed by atoms with Crippen LogP contribution in [-0.4, -0.2) is 0 Å². The molecule has 1 unspecified atom stereocenters. The molecule has 0 spiro atoms. The van der Waals surface area contributed by atoms with E-state index in [1.165, 1.54) is 18.2 Å². The van der Waals surface area contributed by atoms with Gasteiger partial charge in [-0.1, -0.05) is 35.9 Å². The molecule has 2 aromatic carbocycles. The van der Waals surface area contributed by atoms with Gasteiger partial charge in [0.1, 0.15) is 11.6 Å². The number of hydrogen-bond donors (Lipinski definition) is 1. The molecule has 0 aliphatic rings. The molecular weight excluding hydrogens is 268 g/mol. The maximum Gasteiger partial charge on any atom is 0.130 e. The molecular formula is C15H14ClF2N. The van der Waals surface area contributed by atoms with E-state index in [0.29, 0.717) is 11.6 Å². The zero-order chi connectivity index (χ0) is 13.8. The Morgan fingerprint density at radius 3 is 2.32 bits per heavy atom. The van der Waals surface area contributed by atoms with Crippen molar-refractivity contribution in [1.82, 2.24) is 5.32 Å². The molecule has 100 valence electrons. The van der Waals surface area contributed by atoms with Crippen LogP contribution in [0.25, 0.3) is 0 Å². The molecule has 1 N–H and O–H groups in total. The molecule has 0 heterocycles. The summed E-state index contributed by atoms with van der Waals surface area (Å²) in [5, 5.41) is 3.71. The second-order valence-corrected chi connectivity index (χ2v) is 4.74. The minimum Gasteiger partial charge on any atom is -0.306 e. The Labute approximate surface area is 116 Å². The average Bonchev–Trinajstić information content (AvgIpc) is 2.37. The van der Waals surface area contributed by atoms with E-state index in [4.69, 9.17) is 11.6 Å². The number of hydrogen-bond acceptors (Lipinski definition) is 1. The van der Waals surface area contributed by atoms with Crippen LogP contribution in [0.15, 0.2) is 42.5 Å². The smallest absolute Gasteiger partial charge is 0.130 e.